The zero-order chi connectivity index (χ0) is 17.8. The van der Waals surface area contributed by atoms with Crippen LogP contribution in [0.15, 0.2) is 24.3 Å². The van der Waals surface area contributed by atoms with Gasteiger partial charge in [-0.25, -0.2) is 4.79 Å². The Morgan fingerprint density at radius 1 is 1.24 bits per heavy atom. The van der Waals surface area contributed by atoms with E-state index in [0.717, 1.165) is 12.8 Å². The van der Waals surface area contributed by atoms with Crippen LogP contribution in [0.3, 0.4) is 0 Å². The van der Waals surface area contributed by atoms with Crippen LogP contribution in [0.2, 0.25) is 5.02 Å². The Labute approximate surface area is 150 Å². The number of hydrogen-bond acceptors (Lipinski definition) is 4. The van der Waals surface area contributed by atoms with Gasteiger partial charge in [0.05, 0.1) is 5.02 Å². The van der Waals surface area contributed by atoms with Crippen LogP contribution in [0.4, 0.5) is 4.79 Å². The molecule has 25 heavy (non-hydrogen) atoms. The topological polar surface area (TPSA) is 87.7 Å². The number of likely N-dealkylation sites (tertiary alicyclic amines) is 1. The van der Waals surface area contributed by atoms with Crippen LogP contribution in [0, 0.1) is 0 Å². The van der Waals surface area contributed by atoms with Gasteiger partial charge in [0.25, 0.3) is 5.91 Å². The molecule has 0 spiro atoms. The van der Waals surface area contributed by atoms with Gasteiger partial charge in [-0.15, -0.1) is 0 Å². The monoisotopic (exact) mass is 365 g/mol. The number of hydrogen-bond donors (Lipinski definition) is 2. The molecule has 0 aliphatic carbocycles. The lowest BCUT2D eigenvalue weighted by atomic mass is 10.1. The number of halogens is 1. The summed E-state index contributed by atoms with van der Waals surface area (Å²) < 4.78 is 5.91. The summed E-state index contributed by atoms with van der Waals surface area (Å²) >= 11 is 6.10. The third kappa shape index (κ3) is 4.42. The van der Waals surface area contributed by atoms with Crippen LogP contribution in [-0.2, 0) is 9.59 Å². The van der Waals surface area contributed by atoms with Crippen molar-refractivity contribution in [2.24, 2.45) is 0 Å². The van der Waals surface area contributed by atoms with Crippen LogP contribution in [0.5, 0.6) is 5.75 Å². The van der Waals surface area contributed by atoms with Gasteiger partial charge in [0.1, 0.15) is 17.9 Å². The van der Waals surface area contributed by atoms with Crippen LogP contribution in [0.25, 0.3) is 0 Å². The Bertz CT molecular complexity index is 674. The van der Waals surface area contributed by atoms with Gasteiger partial charge in [-0.2, -0.15) is 0 Å². The first-order valence-corrected chi connectivity index (χ1v) is 8.71. The Hall–Kier alpha value is -2.28. The normalized spacial score (nSPS) is 21.0. The highest BCUT2D eigenvalue weighted by atomic mass is 35.5. The Morgan fingerprint density at radius 3 is 2.60 bits per heavy atom. The highest BCUT2D eigenvalue weighted by Crippen LogP contribution is 2.27. The lowest BCUT2D eigenvalue weighted by molar-refractivity contribution is -0.133. The molecule has 0 bridgehead atoms. The number of carbonyl (C=O) groups is 3. The molecule has 1 aromatic carbocycles. The Balaban J connectivity index is 1.42. The van der Waals surface area contributed by atoms with Crippen molar-refractivity contribution >= 4 is 29.4 Å². The molecule has 4 amide bonds. The van der Waals surface area contributed by atoms with Gasteiger partial charge in [-0.05, 0) is 18.6 Å². The largest absolute Gasteiger partial charge is 0.489 e. The SMILES string of the molecule is O=C1NC(=O)[C@H](CCC(=O)N2CCC(Oc3ccccc3Cl)CC2)N1. The predicted octanol–water partition coefficient (Wildman–Crippen LogP) is 1.70. The van der Waals surface area contributed by atoms with E-state index < -0.39 is 12.1 Å². The van der Waals surface area contributed by atoms with E-state index in [-0.39, 0.29) is 24.3 Å². The first kappa shape index (κ1) is 17.5. The van der Waals surface area contributed by atoms with E-state index >= 15 is 0 Å². The van der Waals surface area contributed by atoms with Crippen molar-refractivity contribution in [1.82, 2.24) is 15.5 Å². The number of para-hydroxylation sites is 1. The molecule has 2 fully saturated rings. The fraction of sp³-hybridized carbons (Fsp3) is 0.471. The average molecular weight is 366 g/mol. The minimum Gasteiger partial charge on any atom is -0.489 e. The predicted molar refractivity (Wildman–Crippen MR) is 91.4 cm³/mol. The van der Waals surface area contributed by atoms with E-state index in [0.29, 0.717) is 30.3 Å². The second kappa shape index (κ2) is 7.74. The van der Waals surface area contributed by atoms with Crippen LogP contribution in [-0.4, -0.2) is 48.0 Å². The highest BCUT2D eigenvalue weighted by Gasteiger charge is 2.31. The molecule has 0 saturated carbocycles. The number of ether oxygens (including phenoxy) is 1. The molecule has 0 radical (unpaired) electrons. The second-order valence-electron chi connectivity index (χ2n) is 6.18. The molecule has 7 nitrogen and oxygen atoms in total. The molecule has 0 unspecified atom stereocenters. The van der Waals surface area contributed by atoms with Gasteiger partial charge in [0.2, 0.25) is 5.91 Å². The van der Waals surface area contributed by atoms with E-state index in [2.05, 4.69) is 10.6 Å². The molecule has 1 aromatic rings. The first-order chi connectivity index (χ1) is 12.0. The van der Waals surface area contributed by atoms with Crippen molar-refractivity contribution in [3.63, 3.8) is 0 Å². The van der Waals surface area contributed by atoms with Gasteiger partial charge in [0, 0.05) is 32.4 Å². The number of urea groups is 1. The zero-order valence-electron chi connectivity index (χ0n) is 13.7. The molecule has 134 valence electrons. The van der Waals surface area contributed by atoms with Crippen molar-refractivity contribution in [3.8, 4) is 5.75 Å². The number of amides is 4. The minimum atomic E-state index is -0.613. The Morgan fingerprint density at radius 2 is 1.96 bits per heavy atom. The van der Waals surface area contributed by atoms with E-state index in [1.165, 1.54) is 0 Å². The quantitative estimate of drug-likeness (QED) is 0.777. The molecule has 2 N–H and O–H groups in total. The maximum Gasteiger partial charge on any atom is 0.322 e. The summed E-state index contributed by atoms with van der Waals surface area (Å²) in [7, 11) is 0. The third-order valence-corrected chi connectivity index (χ3v) is 4.74. The van der Waals surface area contributed by atoms with Crippen molar-refractivity contribution in [2.75, 3.05) is 13.1 Å². The number of nitrogens with one attached hydrogen (secondary N) is 2. The number of carbonyl (C=O) groups excluding carboxylic acids is 3. The summed E-state index contributed by atoms with van der Waals surface area (Å²) in [4.78, 5) is 36.6. The third-order valence-electron chi connectivity index (χ3n) is 4.43. The molecule has 2 aliphatic rings. The van der Waals surface area contributed by atoms with Crippen LogP contribution in [0.1, 0.15) is 25.7 Å². The summed E-state index contributed by atoms with van der Waals surface area (Å²) in [6, 6.07) is 6.23. The second-order valence-corrected chi connectivity index (χ2v) is 6.59. The van der Waals surface area contributed by atoms with Gasteiger partial charge < -0.3 is 15.0 Å². The van der Waals surface area contributed by atoms with Crippen LogP contribution < -0.4 is 15.4 Å². The fourth-order valence-electron chi connectivity index (χ4n) is 3.03. The number of imide groups is 1. The Kier molecular flexibility index (Phi) is 5.43. The summed E-state index contributed by atoms with van der Waals surface area (Å²) in [5.74, 6) is 0.284. The van der Waals surface area contributed by atoms with E-state index in [4.69, 9.17) is 16.3 Å². The summed E-state index contributed by atoms with van der Waals surface area (Å²) in [5, 5.41) is 5.24. The average Bonchev–Trinajstić information content (AvgIpc) is 2.93. The van der Waals surface area contributed by atoms with Gasteiger partial charge in [-0.1, -0.05) is 23.7 Å². The zero-order valence-corrected chi connectivity index (χ0v) is 14.4. The number of nitrogens with zero attached hydrogens (tertiary/aromatic N) is 1. The number of piperidine rings is 1. The van der Waals surface area contributed by atoms with E-state index in [1.54, 1.807) is 11.0 Å². The molecule has 2 heterocycles. The maximum atomic E-state index is 12.3. The van der Waals surface area contributed by atoms with Gasteiger partial charge >= 0.3 is 6.03 Å². The fourth-order valence-corrected chi connectivity index (χ4v) is 3.21. The van der Waals surface area contributed by atoms with Gasteiger partial charge in [0.15, 0.2) is 0 Å². The first-order valence-electron chi connectivity index (χ1n) is 8.33. The molecule has 8 heteroatoms. The molecule has 0 aromatic heterocycles. The van der Waals surface area contributed by atoms with Crippen molar-refractivity contribution < 1.29 is 19.1 Å². The van der Waals surface area contributed by atoms with Crippen molar-refractivity contribution in [2.45, 2.75) is 37.8 Å². The van der Waals surface area contributed by atoms with E-state index in [9.17, 15) is 14.4 Å². The minimum absolute atomic E-state index is 0.00913. The number of rotatable bonds is 5. The van der Waals surface area contributed by atoms with Crippen LogP contribution >= 0.6 is 11.6 Å². The molecular weight excluding hydrogens is 346 g/mol. The molecule has 3 rings (SSSR count). The lowest BCUT2D eigenvalue weighted by Crippen LogP contribution is -2.42. The summed E-state index contributed by atoms with van der Waals surface area (Å²) in [5.41, 5.74) is 0. The maximum absolute atomic E-state index is 12.3. The van der Waals surface area contributed by atoms with E-state index in [1.807, 2.05) is 18.2 Å². The van der Waals surface area contributed by atoms with Gasteiger partial charge in [-0.3, -0.25) is 14.9 Å². The molecule has 1 atom stereocenters. The highest BCUT2D eigenvalue weighted by molar-refractivity contribution is 6.32. The molecule has 2 aliphatic heterocycles. The number of benzene rings is 1. The lowest BCUT2D eigenvalue weighted by Gasteiger charge is -2.32. The summed E-state index contributed by atoms with van der Waals surface area (Å²) in [6.07, 6.45) is 2.04. The van der Waals surface area contributed by atoms with Crippen molar-refractivity contribution in [1.29, 1.82) is 0 Å². The smallest absolute Gasteiger partial charge is 0.322 e. The van der Waals surface area contributed by atoms with Crippen molar-refractivity contribution in [3.05, 3.63) is 29.3 Å². The standard InChI is InChI=1S/C17H20ClN3O4/c18-12-3-1-2-4-14(12)25-11-7-9-21(10-8-11)15(22)6-5-13-16(23)20-17(24)19-13/h1-4,11,13H,5-10H2,(H2,19,20,23,24)/t13-/m0/s1. The molecule has 2 saturated heterocycles. The summed E-state index contributed by atoms with van der Waals surface area (Å²) in [6.45, 7) is 1.22. The molecular formula is C17H20ClN3O4.